The van der Waals surface area contributed by atoms with Gasteiger partial charge in [0.05, 0.1) is 7.11 Å². The van der Waals surface area contributed by atoms with Gasteiger partial charge in [0.2, 0.25) is 0 Å². The van der Waals surface area contributed by atoms with Crippen LogP contribution in [0.2, 0.25) is 0 Å². The van der Waals surface area contributed by atoms with Crippen LogP contribution in [0.5, 0.6) is 0 Å². The van der Waals surface area contributed by atoms with Crippen molar-refractivity contribution in [3.8, 4) is 0 Å². The van der Waals surface area contributed by atoms with Crippen LogP contribution in [0, 0.1) is 13.8 Å². The first kappa shape index (κ1) is 15.2. The first-order chi connectivity index (χ1) is 9.92. The molecule has 0 saturated heterocycles. The summed E-state index contributed by atoms with van der Waals surface area (Å²) in [5.41, 5.74) is 3.12. The second-order valence-electron chi connectivity index (χ2n) is 4.69. The number of nitrogens with one attached hydrogen (secondary N) is 1. The average Bonchev–Trinajstić information content (AvgIpc) is 2.86. The molecule has 2 aromatic rings. The average molecular weight is 304 g/mol. The molecule has 0 aliphatic rings. The van der Waals surface area contributed by atoms with Crippen LogP contribution in [0.4, 0.5) is 10.8 Å². The maximum atomic E-state index is 11.7. The van der Waals surface area contributed by atoms with E-state index in [4.69, 9.17) is 0 Å². The number of nitrogens with zero attached hydrogens (tertiary/aromatic N) is 1. The normalized spacial score (nSPS) is 10.3. The van der Waals surface area contributed by atoms with E-state index >= 15 is 0 Å². The number of aromatic nitrogens is 1. The number of aryl methyl sites for hydroxylation is 2. The fraction of sp³-hybridized carbons (Fsp3) is 0.267. The largest absolute Gasteiger partial charge is 0.464 e. The van der Waals surface area contributed by atoms with Gasteiger partial charge in [-0.2, -0.15) is 0 Å². The standard InChI is InChI=1S/C15H16N2O3S/c1-8-5-6-9(2)11(7-8)16-15-17-12(14(19)20-4)13(21-15)10(3)18/h5-7H,1-4H3,(H,16,17). The fourth-order valence-corrected chi connectivity index (χ4v) is 2.69. The molecule has 0 spiro atoms. The summed E-state index contributed by atoms with van der Waals surface area (Å²) in [7, 11) is 1.27. The minimum absolute atomic E-state index is 0.0582. The Morgan fingerprint density at radius 3 is 2.62 bits per heavy atom. The van der Waals surface area contributed by atoms with Crippen molar-refractivity contribution in [2.45, 2.75) is 20.8 Å². The second kappa shape index (κ2) is 6.05. The number of hydrogen-bond donors (Lipinski definition) is 1. The Bertz CT molecular complexity index is 707. The Kier molecular flexibility index (Phi) is 4.37. The number of ether oxygens (including phenoxy) is 1. The third kappa shape index (κ3) is 3.28. The molecule has 6 heteroatoms. The number of anilines is 2. The summed E-state index contributed by atoms with van der Waals surface area (Å²) in [6.45, 7) is 5.37. The summed E-state index contributed by atoms with van der Waals surface area (Å²) in [6.07, 6.45) is 0. The molecule has 0 bridgehead atoms. The predicted molar refractivity (Wildman–Crippen MR) is 82.7 cm³/mol. The Morgan fingerprint density at radius 1 is 1.29 bits per heavy atom. The lowest BCUT2D eigenvalue weighted by Gasteiger charge is -2.07. The molecule has 0 radical (unpaired) electrons. The van der Waals surface area contributed by atoms with Crippen molar-refractivity contribution in [2.75, 3.05) is 12.4 Å². The molecule has 110 valence electrons. The maximum absolute atomic E-state index is 11.7. The molecule has 0 unspecified atom stereocenters. The van der Waals surface area contributed by atoms with Crippen LogP contribution in [-0.2, 0) is 4.74 Å². The van der Waals surface area contributed by atoms with Gasteiger partial charge < -0.3 is 10.1 Å². The van der Waals surface area contributed by atoms with Gasteiger partial charge in [-0.1, -0.05) is 23.5 Å². The van der Waals surface area contributed by atoms with Gasteiger partial charge in [-0.3, -0.25) is 4.79 Å². The van der Waals surface area contributed by atoms with E-state index in [0.29, 0.717) is 10.0 Å². The quantitative estimate of drug-likeness (QED) is 0.691. The van der Waals surface area contributed by atoms with E-state index in [1.54, 1.807) is 0 Å². The fourth-order valence-electron chi connectivity index (χ4n) is 1.83. The number of ketones is 1. The van der Waals surface area contributed by atoms with E-state index in [1.807, 2.05) is 32.0 Å². The zero-order valence-corrected chi connectivity index (χ0v) is 13.1. The first-order valence-corrected chi connectivity index (χ1v) is 7.18. The topological polar surface area (TPSA) is 68.3 Å². The van der Waals surface area contributed by atoms with Crippen LogP contribution in [0.25, 0.3) is 0 Å². The van der Waals surface area contributed by atoms with Crippen molar-refractivity contribution in [2.24, 2.45) is 0 Å². The molecule has 5 nitrogen and oxygen atoms in total. The number of Topliss-reactive ketones (excluding diaryl/α,β-unsaturated/α-hetero) is 1. The van der Waals surface area contributed by atoms with Crippen LogP contribution in [0.15, 0.2) is 18.2 Å². The number of rotatable bonds is 4. The van der Waals surface area contributed by atoms with E-state index in [0.717, 1.165) is 28.2 Å². The monoisotopic (exact) mass is 304 g/mol. The molecule has 2 rings (SSSR count). The summed E-state index contributed by atoms with van der Waals surface area (Å²) >= 11 is 1.15. The van der Waals surface area contributed by atoms with Crippen molar-refractivity contribution in [3.63, 3.8) is 0 Å². The lowest BCUT2D eigenvalue weighted by molar-refractivity contribution is 0.0591. The van der Waals surface area contributed by atoms with Crippen LogP contribution >= 0.6 is 11.3 Å². The van der Waals surface area contributed by atoms with Crippen LogP contribution < -0.4 is 5.32 Å². The van der Waals surface area contributed by atoms with Crippen LogP contribution in [-0.4, -0.2) is 23.8 Å². The minimum Gasteiger partial charge on any atom is -0.464 e. The number of carbonyl (C=O) groups excluding carboxylic acids is 2. The SMILES string of the molecule is COC(=O)c1nc(Nc2cc(C)ccc2C)sc1C(C)=O. The smallest absolute Gasteiger partial charge is 0.358 e. The highest BCUT2D eigenvalue weighted by Crippen LogP contribution is 2.28. The van der Waals surface area contributed by atoms with E-state index in [2.05, 4.69) is 15.0 Å². The molecule has 0 fully saturated rings. The van der Waals surface area contributed by atoms with Crippen LogP contribution in [0.3, 0.4) is 0 Å². The van der Waals surface area contributed by atoms with Gasteiger partial charge in [0.15, 0.2) is 16.6 Å². The number of benzene rings is 1. The van der Waals surface area contributed by atoms with Crippen molar-refractivity contribution < 1.29 is 14.3 Å². The predicted octanol–water partition coefficient (Wildman–Crippen LogP) is 3.49. The van der Waals surface area contributed by atoms with E-state index in [1.165, 1.54) is 14.0 Å². The molecule has 0 atom stereocenters. The third-order valence-corrected chi connectivity index (χ3v) is 4.03. The molecule has 0 aliphatic carbocycles. The Labute approximate surface area is 127 Å². The van der Waals surface area contributed by atoms with Gasteiger partial charge in [-0.15, -0.1) is 0 Å². The zero-order valence-electron chi connectivity index (χ0n) is 12.3. The van der Waals surface area contributed by atoms with Gasteiger partial charge in [-0.05, 0) is 31.0 Å². The van der Waals surface area contributed by atoms with Gasteiger partial charge in [-0.25, -0.2) is 9.78 Å². The molecule has 0 aliphatic heterocycles. The molecule has 1 N–H and O–H groups in total. The highest BCUT2D eigenvalue weighted by Gasteiger charge is 2.22. The van der Waals surface area contributed by atoms with Crippen molar-refractivity contribution in [1.29, 1.82) is 0 Å². The second-order valence-corrected chi connectivity index (χ2v) is 5.69. The summed E-state index contributed by atoms with van der Waals surface area (Å²) in [5, 5.41) is 3.65. The van der Waals surface area contributed by atoms with E-state index < -0.39 is 5.97 Å². The molecule has 0 saturated carbocycles. The molecule has 1 aromatic heterocycles. The molecular formula is C15H16N2O3S. The summed E-state index contributed by atoms with van der Waals surface area (Å²) in [6, 6.07) is 6.00. The molecule has 21 heavy (non-hydrogen) atoms. The van der Waals surface area contributed by atoms with Gasteiger partial charge in [0.1, 0.15) is 4.88 Å². The highest BCUT2D eigenvalue weighted by molar-refractivity contribution is 7.17. The van der Waals surface area contributed by atoms with E-state index in [9.17, 15) is 9.59 Å². The van der Waals surface area contributed by atoms with Gasteiger partial charge in [0, 0.05) is 12.6 Å². The Morgan fingerprint density at radius 2 is 2.00 bits per heavy atom. The van der Waals surface area contributed by atoms with E-state index in [-0.39, 0.29) is 11.5 Å². The minimum atomic E-state index is -0.606. The summed E-state index contributed by atoms with van der Waals surface area (Å²) in [5.74, 6) is -0.813. The number of methoxy groups -OCH3 is 1. The molecule has 0 amide bonds. The van der Waals surface area contributed by atoms with Crippen LogP contribution in [0.1, 0.15) is 38.2 Å². The maximum Gasteiger partial charge on any atom is 0.358 e. The molecular weight excluding hydrogens is 288 g/mol. The lowest BCUT2D eigenvalue weighted by atomic mass is 10.1. The number of thiazole rings is 1. The number of hydrogen-bond acceptors (Lipinski definition) is 6. The highest BCUT2D eigenvalue weighted by atomic mass is 32.1. The zero-order chi connectivity index (χ0) is 15.6. The first-order valence-electron chi connectivity index (χ1n) is 6.36. The summed E-state index contributed by atoms with van der Waals surface area (Å²) in [4.78, 5) is 27.8. The number of carbonyl (C=O) groups is 2. The van der Waals surface area contributed by atoms with Crippen molar-refractivity contribution in [3.05, 3.63) is 39.9 Å². The van der Waals surface area contributed by atoms with Gasteiger partial charge >= 0.3 is 5.97 Å². The molecule has 1 heterocycles. The Balaban J connectivity index is 2.39. The Hall–Kier alpha value is -2.21. The van der Waals surface area contributed by atoms with Crippen molar-refractivity contribution >= 4 is 33.9 Å². The van der Waals surface area contributed by atoms with Crippen molar-refractivity contribution in [1.82, 2.24) is 4.98 Å². The summed E-state index contributed by atoms with van der Waals surface area (Å²) < 4.78 is 4.66. The number of esters is 1. The van der Waals surface area contributed by atoms with Gasteiger partial charge in [0.25, 0.3) is 0 Å². The lowest BCUT2D eigenvalue weighted by Crippen LogP contribution is -2.07. The molecule has 1 aromatic carbocycles. The third-order valence-electron chi connectivity index (χ3n) is 2.96.